The van der Waals surface area contributed by atoms with Crippen LogP contribution in [0.15, 0.2) is 52.2 Å². The van der Waals surface area contributed by atoms with E-state index in [0.29, 0.717) is 16.0 Å². The van der Waals surface area contributed by atoms with E-state index in [-0.39, 0.29) is 18.7 Å². The fourth-order valence-electron chi connectivity index (χ4n) is 3.23. The molecule has 0 atom stereocenters. The maximum atomic E-state index is 12.9. The third kappa shape index (κ3) is 4.56. The van der Waals surface area contributed by atoms with Crippen LogP contribution in [0, 0.1) is 13.8 Å². The highest BCUT2D eigenvalue weighted by atomic mass is 32.1. The van der Waals surface area contributed by atoms with E-state index in [9.17, 15) is 14.4 Å². The van der Waals surface area contributed by atoms with Crippen LogP contribution in [-0.2, 0) is 16.1 Å². The number of aromatic nitrogens is 2. The third-order valence-electron chi connectivity index (χ3n) is 4.76. The number of hydrazine groups is 1. The fourth-order valence-corrected chi connectivity index (χ4v) is 4.95. The molecule has 0 unspecified atom stereocenters. The Labute approximate surface area is 191 Å². The van der Waals surface area contributed by atoms with Crippen molar-refractivity contribution in [3.8, 4) is 16.2 Å². The van der Waals surface area contributed by atoms with Gasteiger partial charge in [-0.15, -0.1) is 22.7 Å². The largest absolute Gasteiger partial charge is 0.483 e. The molecule has 8 nitrogen and oxygen atoms in total. The lowest BCUT2D eigenvalue weighted by Gasteiger charge is -2.12. The van der Waals surface area contributed by atoms with Gasteiger partial charge in [-0.3, -0.25) is 29.8 Å². The van der Waals surface area contributed by atoms with Gasteiger partial charge in [0.25, 0.3) is 17.4 Å². The van der Waals surface area contributed by atoms with Crippen molar-refractivity contribution in [3.63, 3.8) is 0 Å². The lowest BCUT2D eigenvalue weighted by molar-refractivity contribution is -0.130. The number of rotatable bonds is 6. The summed E-state index contributed by atoms with van der Waals surface area (Å²) in [5, 5.41) is 4.32. The predicted molar refractivity (Wildman–Crippen MR) is 125 cm³/mol. The van der Waals surface area contributed by atoms with Crippen LogP contribution in [0.3, 0.4) is 0 Å². The zero-order valence-corrected chi connectivity index (χ0v) is 19.0. The number of fused-ring (bicyclic) bond motifs is 1. The second-order valence-electron chi connectivity index (χ2n) is 7.09. The van der Waals surface area contributed by atoms with Crippen LogP contribution in [0.25, 0.3) is 20.7 Å². The van der Waals surface area contributed by atoms with Gasteiger partial charge in [-0.1, -0.05) is 24.3 Å². The Morgan fingerprint density at radius 2 is 1.81 bits per heavy atom. The number of ether oxygens (including phenoxy) is 1. The molecule has 0 aliphatic carbocycles. The Balaban J connectivity index is 1.38. The second-order valence-corrected chi connectivity index (χ2v) is 8.90. The number of hydrogen-bond acceptors (Lipinski definition) is 7. The molecule has 0 bridgehead atoms. The highest BCUT2D eigenvalue weighted by Gasteiger charge is 2.15. The van der Waals surface area contributed by atoms with Gasteiger partial charge in [0.2, 0.25) is 0 Å². The highest BCUT2D eigenvalue weighted by molar-refractivity contribution is 7.18. The number of para-hydroxylation sites is 1. The van der Waals surface area contributed by atoms with Crippen molar-refractivity contribution in [2.75, 3.05) is 6.61 Å². The number of nitrogens with one attached hydrogen (secondary N) is 2. The van der Waals surface area contributed by atoms with Crippen LogP contribution in [0.2, 0.25) is 0 Å². The van der Waals surface area contributed by atoms with Crippen molar-refractivity contribution in [1.82, 2.24) is 20.4 Å². The first kappa shape index (κ1) is 21.7. The Kier molecular flexibility index (Phi) is 6.33. The summed E-state index contributed by atoms with van der Waals surface area (Å²) in [5.74, 6) is -0.432. The first-order chi connectivity index (χ1) is 15.4. The average Bonchev–Trinajstić information content (AvgIpc) is 3.44. The van der Waals surface area contributed by atoms with Crippen LogP contribution in [0.4, 0.5) is 0 Å². The number of hydrogen-bond donors (Lipinski definition) is 2. The normalized spacial score (nSPS) is 10.8. The maximum Gasteiger partial charge on any atom is 0.276 e. The standard InChI is InChI=1S/C22H20N4O4S2/c1-13-5-3-6-14(2)20(13)30-10-18(28)25-24-17(27)9-26-12-23-21-19(22(26)29)15(11-32-21)16-7-4-8-31-16/h3-8,11-12H,9-10H2,1-2H3,(H,24,27)(H,25,28). The fraction of sp³-hybridized carbons (Fsp3) is 0.182. The number of aryl methyl sites for hydroxylation is 2. The van der Waals surface area contributed by atoms with Gasteiger partial charge in [0.1, 0.15) is 17.1 Å². The molecule has 0 radical (unpaired) electrons. The van der Waals surface area contributed by atoms with E-state index in [1.165, 1.54) is 33.6 Å². The molecule has 2 N–H and O–H groups in total. The van der Waals surface area contributed by atoms with E-state index in [1.54, 1.807) is 0 Å². The summed E-state index contributed by atoms with van der Waals surface area (Å²) < 4.78 is 6.78. The van der Waals surface area contributed by atoms with Crippen LogP contribution in [0.1, 0.15) is 11.1 Å². The number of amides is 2. The van der Waals surface area contributed by atoms with Crippen LogP contribution in [-0.4, -0.2) is 28.0 Å². The minimum atomic E-state index is -0.554. The summed E-state index contributed by atoms with van der Waals surface area (Å²) in [6.45, 7) is 3.25. The zero-order chi connectivity index (χ0) is 22.7. The van der Waals surface area contributed by atoms with E-state index in [4.69, 9.17) is 4.74 Å². The third-order valence-corrected chi connectivity index (χ3v) is 6.55. The Morgan fingerprint density at radius 3 is 2.53 bits per heavy atom. The average molecular weight is 469 g/mol. The van der Waals surface area contributed by atoms with Crippen molar-refractivity contribution >= 4 is 44.7 Å². The van der Waals surface area contributed by atoms with Crippen molar-refractivity contribution in [2.45, 2.75) is 20.4 Å². The molecule has 1 aromatic carbocycles. The summed E-state index contributed by atoms with van der Waals surface area (Å²) in [5.41, 5.74) is 6.94. The first-order valence-corrected chi connectivity index (χ1v) is 11.5. The van der Waals surface area contributed by atoms with Gasteiger partial charge < -0.3 is 4.74 Å². The molecule has 32 heavy (non-hydrogen) atoms. The van der Waals surface area contributed by atoms with Gasteiger partial charge in [0.15, 0.2) is 6.61 Å². The molecule has 164 valence electrons. The number of carbonyl (C=O) groups excluding carboxylic acids is 2. The molecular weight excluding hydrogens is 448 g/mol. The van der Waals surface area contributed by atoms with Crippen molar-refractivity contribution in [2.24, 2.45) is 0 Å². The van der Waals surface area contributed by atoms with Crippen LogP contribution < -0.4 is 21.1 Å². The van der Waals surface area contributed by atoms with Gasteiger partial charge in [0.05, 0.1) is 11.7 Å². The summed E-state index contributed by atoms with van der Waals surface area (Å²) >= 11 is 2.92. The van der Waals surface area contributed by atoms with Crippen LogP contribution >= 0.6 is 22.7 Å². The van der Waals surface area contributed by atoms with Crippen molar-refractivity contribution in [1.29, 1.82) is 0 Å². The number of thiophene rings is 2. The molecule has 4 aromatic rings. The number of nitrogens with zero attached hydrogens (tertiary/aromatic N) is 2. The van der Waals surface area contributed by atoms with Crippen molar-refractivity contribution in [3.05, 3.63) is 68.9 Å². The topological polar surface area (TPSA) is 102 Å². The van der Waals surface area contributed by atoms with Gasteiger partial charge in [-0.05, 0) is 36.4 Å². The predicted octanol–water partition coefficient (Wildman–Crippen LogP) is 3.03. The smallest absolute Gasteiger partial charge is 0.276 e. The molecule has 0 fully saturated rings. The summed E-state index contributed by atoms with van der Waals surface area (Å²) in [6.07, 6.45) is 1.34. The van der Waals surface area contributed by atoms with Crippen LogP contribution in [0.5, 0.6) is 5.75 Å². The first-order valence-electron chi connectivity index (χ1n) is 9.71. The molecule has 0 saturated heterocycles. The molecule has 0 aliphatic heterocycles. The van der Waals surface area contributed by atoms with Gasteiger partial charge in [0, 0.05) is 15.8 Å². The van der Waals surface area contributed by atoms with E-state index < -0.39 is 11.8 Å². The number of benzene rings is 1. The molecular formula is C22H20N4O4S2. The van der Waals surface area contributed by atoms with E-state index >= 15 is 0 Å². The summed E-state index contributed by atoms with van der Waals surface area (Å²) in [7, 11) is 0. The summed E-state index contributed by atoms with van der Waals surface area (Å²) in [4.78, 5) is 43.2. The zero-order valence-electron chi connectivity index (χ0n) is 17.4. The summed E-state index contributed by atoms with van der Waals surface area (Å²) in [6, 6.07) is 9.54. The molecule has 2 amide bonds. The van der Waals surface area contributed by atoms with Gasteiger partial charge in [-0.2, -0.15) is 0 Å². The monoisotopic (exact) mass is 468 g/mol. The number of carbonyl (C=O) groups is 2. The Bertz CT molecular complexity index is 1320. The van der Waals surface area contributed by atoms with Gasteiger partial charge in [-0.25, -0.2) is 4.98 Å². The van der Waals surface area contributed by atoms with Gasteiger partial charge >= 0.3 is 0 Å². The van der Waals surface area contributed by atoms with E-state index in [2.05, 4.69) is 15.8 Å². The minimum Gasteiger partial charge on any atom is -0.483 e. The molecule has 0 spiro atoms. The van der Waals surface area contributed by atoms with E-state index in [0.717, 1.165) is 21.6 Å². The Hall–Kier alpha value is -3.50. The quantitative estimate of drug-likeness (QED) is 0.424. The van der Waals surface area contributed by atoms with Crippen molar-refractivity contribution < 1.29 is 14.3 Å². The lowest BCUT2D eigenvalue weighted by atomic mass is 10.1. The molecule has 3 heterocycles. The molecule has 0 saturated carbocycles. The Morgan fingerprint density at radius 1 is 1.06 bits per heavy atom. The maximum absolute atomic E-state index is 12.9. The SMILES string of the molecule is Cc1cccc(C)c1OCC(=O)NNC(=O)Cn1cnc2scc(-c3cccs3)c2c1=O. The van der Waals surface area contributed by atoms with E-state index in [1.807, 2.05) is 54.9 Å². The molecule has 0 aliphatic rings. The minimum absolute atomic E-state index is 0.251. The molecule has 3 aromatic heterocycles. The highest BCUT2D eigenvalue weighted by Crippen LogP contribution is 2.33. The lowest BCUT2D eigenvalue weighted by Crippen LogP contribution is -2.46. The molecule has 10 heteroatoms. The molecule has 4 rings (SSSR count). The second kappa shape index (κ2) is 9.33.